The average Bonchev–Trinajstić information content (AvgIpc) is 2.67. The number of hydrogen-bond donors (Lipinski definition) is 0. The highest BCUT2D eigenvalue weighted by Crippen LogP contribution is 2.49. The van der Waals surface area contributed by atoms with Crippen LogP contribution < -0.4 is 0 Å². The van der Waals surface area contributed by atoms with Gasteiger partial charge in [0.2, 0.25) is 0 Å². The molecule has 1 fully saturated rings. The van der Waals surface area contributed by atoms with Crippen molar-refractivity contribution in [1.82, 2.24) is 0 Å². The van der Waals surface area contributed by atoms with Gasteiger partial charge in [-0.3, -0.25) is 0 Å². The summed E-state index contributed by atoms with van der Waals surface area (Å²) in [7, 11) is 0. The number of benzene rings is 2. The van der Waals surface area contributed by atoms with Crippen LogP contribution in [0.1, 0.15) is 56.1 Å². The van der Waals surface area contributed by atoms with Gasteiger partial charge in [-0.15, -0.1) is 0 Å². The predicted octanol–water partition coefficient (Wildman–Crippen LogP) is 7.70. The van der Waals surface area contributed by atoms with Crippen LogP contribution in [0, 0.1) is 23.5 Å². The van der Waals surface area contributed by atoms with E-state index in [0.717, 1.165) is 43.2 Å². The molecule has 1 saturated carbocycles. The lowest BCUT2D eigenvalue weighted by Gasteiger charge is -2.40. The molecule has 142 valence electrons. The van der Waals surface area contributed by atoms with Crippen LogP contribution in [-0.2, 0) is 6.42 Å². The van der Waals surface area contributed by atoms with Crippen LogP contribution in [0.25, 0.3) is 11.1 Å². The molecule has 0 amide bonds. The van der Waals surface area contributed by atoms with Crippen molar-refractivity contribution >= 4 is 11.6 Å². The van der Waals surface area contributed by atoms with Crippen LogP contribution >= 0.6 is 11.6 Å². The molecule has 0 heterocycles. The lowest BCUT2D eigenvalue weighted by atomic mass is 9.65. The van der Waals surface area contributed by atoms with Gasteiger partial charge in [0, 0.05) is 5.02 Å². The molecule has 3 heteroatoms. The first-order valence-corrected chi connectivity index (χ1v) is 10.4. The van der Waals surface area contributed by atoms with Gasteiger partial charge >= 0.3 is 0 Å². The number of allylic oxidation sites excluding steroid dienone is 2. The Balaban J connectivity index is 1.67. The fraction of sp³-hybridized carbons (Fsp3) is 0.417. The summed E-state index contributed by atoms with van der Waals surface area (Å²) in [5.74, 6) is 0.623. The maximum Gasteiger partial charge on any atom is 0.137 e. The predicted molar refractivity (Wildman–Crippen MR) is 108 cm³/mol. The molecule has 3 atom stereocenters. The van der Waals surface area contributed by atoms with Crippen molar-refractivity contribution in [3.8, 4) is 11.1 Å². The normalized spacial score (nSPS) is 24.7. The zero-order chi connectivity index (χ0) is 19.0. The lowest BCUT2D eigenvalue weighted by molar-refractivity contribution is 0.234. The van der Waals surface area contributed by atoms with Crippen molar-refractivity contribution < 1.29 is 8.78 Å². The molecule has 0 nitrogen and oxygen atoms in total. The Morgan fingerprint density at radius 3 is 2.63 bits per heavy atom. The van der Waals surface area contributed by atoms with Crippen LogP contribution in [0.4, 0.5) is 8.78 Å². The van der Waals surface area contributed by atoms with Crippen molar-refractivity contribution in [2.75, 3.05) is 0 Å². The molecular formula is C24H25ClF2. The SMILES string of the molecule is CC/C=C/[C@@H]1CC[C@@H]2c3cc(F)c(-c4ccc(Cl)cc4)c(F)c3CC[C@@H]2C1. The summed E-state index contributed by atoms with van der Waals surface area (Å²) in [6, 6.07) is 8.34. The van der Waals surface area contributed by atoms with E-state index < -0.39 is 5.82 Å². The Morgan fingerprint density at radius 1 is 1.11 bits per heavy atom. The van der Waals surface area contributed by atoms with E-state index in [1.807, 2.05) is 0 Å². The number of hydrogen-bond acceptors (Lipinski definition) is 0. The summed E-state index contributed by atoms with van der Waals surface area (Å²) >= 11 is 5.92. The highest BCUT2D eigenvalue weighted by atomic mass is 35.5. The summed E-state index contributed by atoms with van der Waals surface area (Å²) < 4.78 is 30.3. The molecule has 2 aromatic rings. The van der Waals surface area contributed by atoms with Gasteiger partial charge in [0.1, 0.15) is 11.6 Å². The van der Waals surface area contributed by atoms with Gasteiger partial charge < -0.3 is 0 Å². The molecule has 0 aromatic heterocycles. The highest BCUT2D eigenvalue weighted by Gasteiger charge is 2.37. The van der Waals surface area contributed by atoms with Gasteiger partial charge in [-0.2, -0.15) is 0 Å². The molecule has 0 bridgehead atoms. The van der Waals surface area contributed by atoms with Gasteiger partial charge in [-0.1, -0.05) is 42.8 Å². The molecule has 0 saturated heterocycles. The number of fused-ring (bicyclic) bond motifs is 3. The van der Waals surface area contributed by atoms with Crippen molar-refractivity contribution in [3.05, 3.63) is 70.3 Å². The third kappa shape index (κ3) is 3.57. The van der Waals surface area contributed by atoms with Crippen LogP contribution in [-0.4, -0.2) is 0 Å². The van der Waals surface area contributed by atoms with E-state index in [1.165, 1.54) is 0 Å². The van der Waals surface area contributed by atoms with Crippen molar-refractivity contribution in [2.24, 2.45) is 11.8 Å². The molecule has 0 aliphatic heterocycles. The minimum absolute atomic E-state index is 0.0865. The first-order valence-electron chi connectivity index (χ1n) is 10.0. The van der Waals surface area contributed by atoms with Gasteiger partial charge in [0.15, 0.2) is 0 Å². The van der Waals surface area contributed by atoms with Gasteiger partial charge in [0.25, 0.3) is 0 Å². The quantitative estimate of drug-likeness (QED) is 0.474. The lowest BCUT2D eigenvalue weighted by Crippen LogP contribution is -2.28. The molecule has 2 aliphatic carbocycles. The largest absolute Gasteiger partial charge is 0.206 e. The van der Waals surface area contributed by atoms with Crippen molar-refractivity contribution in [1.29, 1.82) is 0 Å². The third-order valence-electron chi connectivity index (χ3n) is 6.32. The molecule has 27 heavy (non-hydrogen) atoms. The summed E-state index contributed by atoms with van der Waals surface area (Å²) in [5, 5.41) is 0.564. The second-order valence-corrected chi connectivity index (χ2v) is 8.37. The van der Waals surface area contributed by atoms with E-state index in [2.05, 4.69) is 19.1 Å². The van der Waals surface area contributed by atoms with E-state index in [1.54, 1.807) is 30.3 Å². The monoisotopic (exact) mass is 386 g/mol. The fourth-order valence-electron chi connectivity index (χ4n) is 5.01. The van der Waals surface area contributed by atoms with E-state index >= 15 is 4.39 Å². The Kier molecular flexibility index (Phi) is 5.36. The zero-order valence-corrected chi connectivity index (χ0v) is 16.4. The Hall–Kier alpha value is -1.67. The zero-order valence-electron chi connectivity index (χ0n) is 15.7. The average molecular weight is 387 g/mol. The summed E-state index contributed by atoms with van der Waals surface area (Å²) in [6.07, 6.45) is 10.6. The first kappa shape index (κ1) is 18.7. The minimum Gasteiger partial charge on any atom is -0.206 e. The van der Waals surface area contributed by atoms with Gasteiger partial charge in [-0.25, -0.2) is 8.78 Å². The van der Waals surface area contributed by atoms with Gasteiger partial charge in [0.05, 0.1) is 5.56 Å². The third-order valence-corrected chi connectivity index (χ3v) is 6.57. The second-order valence-electron chi connectivity index (χ2n) is 7.94. The van der Waals surface area contributed by atoms with Crippen LogP contribution in [0.5, 0.6) is 0 Å². The second kappa shape index (κ2) is 7.75. The molecule has 0 N–H and O–H groups in total. The van der Waals surface area contributed by atoms with E-state index in [-0.39, 0.29) is 11.4 Å². The van der Waals surface area contributed by atoms with E-state index in [9.17, 15) is 4.39 Å². The van der Waals surface area contributed by atoms with Crippen LogP contribution in [0.15, 0.2) is 42.5 Å². The molecule has 2 aliphatic rings. The number of rotatable bonds is 3. The maximum absolute atomic E-state index is 15.3. The smallest absolute Gasteiger partial charge is 0.137 e. The molecule has 0 spiro atoms. The first-order chi connectivity index (χ1) is 13.1. The Bertz CT molecular complexity index is 854. The Labute approximate surface area is 165 Å². The summed E-state index contributed by atoms with van der Waals surface area (Å²) in [5.41, 5.74) is 2.28. The molecule has 0 radical (unpaired) electrons. The molecule has 0 unspecified atom stereocenters. The molecule has 2 aromatic carbocycles. The van der Waals surface area contributed by atoms with Crippen LogP contribution in [0.3, 0.4) is 0 Å². The Morgan fingerprint density at radius 2 is 1.89 bits per heavy atom. The topological polar surface area (TPSA) is 0 Å². The standard InChI is InChI=1S/C24H25ClF2/c1-2-3-4-15-5-11-19-17(13-15)8-12-20-21(19)14-22(26)23(24(20)27)16-6-9-18(25)10-7-16/h3-4,6-7,9-10,14-15,17,19H,2,5,8,11-13H2,1H3/b4-3+/t15-,17-,19+/m1/s1. The van der Waals surface area contributed by atoms with Crippen molar-refractivity contribution in [2.45, 2.75) is 51.4 Å². The molecular weight excluding hydrogens is 362 g/mol. The van der Waals surface area contributed by atoms with E-state index in [0.29, 0.717) is 34.8 Å². The van der Waals surface area contributed by atoms with Crippen LogP contribution in [0.2, 0.25) is 5.02 Å². The summed E-state index contributed by atoms with van der Waals surface area (Å²) in [4.78, 5) is 0. The van der Waals surface area contributed by atoms with Gasteiger partial charge in [-0.05, 0) is 91.2 Å². The highest BCUT2D eigenvalue weighted by molar-refractivity contribution is 6.30. The summed E-state index contributed by atoms with van der Waals surface area (Å²) in [6.45, 7) is 2.16. The fourth-order valence-corrected chi connectivity index (χ4v) is 5.13. The molecule has 4 rings (SSSR count). The minimum atomic E-state index is -0.456. The van der Waals surface area contributed by atoms with E-state index in [4.69, 9.17) is 11.6 Å². The number of halogens is 3. The maximum atomic E-state index is 15.3. The van der Waals surface area contributed by atoms with Crippen molar-refractivity contribution in [3.63, 3.8) is 0 Å².